The summed E-state index contributed by atoms with van der Waals surface area (Å²) in [6.45, 7) is 0. The van der Waals surface area contributed by atoms with E-state index in [1.165, 1.54) is 19.3 Å². The van der Waals surface area contributed by atoms with E-state index >= 15 is 0 Å². The van der Waals surface area contributed by atoms with Gasteiger partial charge in [-0.1, -0.05) is 0 Å². The van der Waals surface area contributed by atoms with Crippen molar-refractivity contribution in [1.29, 1.82) is 0 Å². The minimum atomic E-state index is 0.0265. The van der Waals surface area contributed by atoms with Crippen LogP contribution in [0.3, 0.4) is 0 Å². The van der Waals surface area contributed by atoms with E-state index in [2.05, 4.69) is 0 Å². The molecule has 0 heterocycles. The van der Waals surface area contributed by atoms with Crippen molar-refractivity contribution >= 4 is 17.5 Å². The summed E-state index contributed by atoms with van der Waals surface area (Å²) in [7, 11) is 0. The van der Waals surface area contributed by atoms with Gasteiger partial charge in [-0.2, -0.15) is 0 Å². The molecule has 1 aromatic rings. The number of hydrogen-bond donors (Lipinski definition) is 1. The Labute approximate surface area is 130 Å². The first-order chi connectivity index (χ1) is 10.1. The Balaban J connectivity index is 1.44. The Hall–Kier alpha value is -0.960. The second-order valence-electron chi connectivity index (χ2n) is 7.40. The number of thioether (sulfide) groups is 1. The van der Waals surface area contributed by atoms with E-state index in [0.717, 1.165) is 41.9 Å². The molecule has 4 aliphatic rings. The lowest BCUT2D eigenvalue weighted by molar-refractivity contribution is -0.141. The fraction of sp³-hybridized carbons (Fsp3) is 0.611. The van der Waals surface area contributed by atoms with Crippen LogP contribution >= 0.6 is 11.8 Å². The van der Waals surface area contributed by atoms with E-state index < -0.39 is 0 Å². The number of carbonyl (C=O) groups is 1. The molecule has 0 aliphatic heterocycles. The SMILES string of the molecule is O=C(CSc1ccc(O)cc1)C12CC3CC(CC(C3)C1)C2. The minimum Gasteiger partial charge on any atom is -0.508 e. The van der Waals surface area contributed by atoms with Gasteiger partial charge >= 0.3 is 0 Å². The number of hydrogen-bond acceptors (Lipinski definition) is 3. The Morgan fingerprint density at radius 1 is 1.05 bits per heavy atom. The number of phenolic OH excluding ortho intramolecular Hbond substituents is 1. The van der Waals surface area contributed by atoms with Crippen molar-refractivity contribution in [1.82, 2.24) is 0 Å². The summed E-state index contributed by atoms with van der Waals surface area (Å²) in [5, 5.41) is 9.31. The number of aromatic hydroxyl groups is 1. The number of rotatable bonds is 4. The van der Waals surface area contributed by atoms with E-state index in [1.807, 2.05) is 12.1 Å². The molecule has 0 saturated heterocycles. The van der Waals surface area contributed by atoms with Crippen LogP contribution in [0.5, 0.6) is 5.75 Å². The van der Waals surface area contributed by atoms with Gasteiger partial charge in [0.1, 0.15) is 11.5 Å². The molecule has 112 valence electrons. The smallest absolute Gasteiger partial charge is 0.149 e. The van der Waals surface area contributed by atoms with E-state index in [1.54, 1.807) is 23.9 Å². The quantitative estimate of drug-likeness (QED) is 0.844. The van der Waals surface area contributed by atoms with Crippen molar-refractivity contribution in [2.24, 2.45) is 23.2 Å². The Kier molecular flexibility index (Phi) is 3.29. The fourth-order valence-electron chi connectivity index (χ4n) is 5.30. The van der Waals surface area contributed by atoms with Crippen LogP contribution in [0.25, 0.3) is 0 Å². The maximum atomic E-state index is 12.9. The summed E-state index contributed by atoms with van der Waals surface area (Å²) >= 11 is 1.63. The topological polar surface area (TPSA) is 37.3 Å². The van der Waals surface area contributed by atoms with Crippen LogP contribution in [-0.2, 0) is 4.79 Å². The molecule has 4 aliphatic carbocycles. The average Bonchev–Trinajstić information content (AvgIpc) is 2.45. The molecule has 0 aromatic heterocycles. The predicted octanol–water partition coefficient (Wildman–Crippen LogP) is 4.27. The molecule has 0 spiro atoms. The highest BCUT2D eigenvalue weighted by atomic mass is 32.2. The molecule has 5 rings (SSSR count). The third kappa shape index (κ3) is 2.50. The zero-order valence-electron chi connectivity index (χ0n) is 12.3. The number of benzene rings is 1. The molecular formula is C18H22O2S. The average molecular weight is 302 g/mol. The standard InChI is InChI=1S/C18H22O2S/c19-15-1-3-16(4-2-15)21-11-17(20)18-8-12-5-13(9-18)7-14(6-12)10-18/h1-4,12-14,19H,5-11H2. The van der Waals surface area contributed by atoms with Crippen LogP contribution in [0.4, 0.5) is 0 Å². The Bertz CT molecular complexity index is 514. The molecule has 1 aromatic carbocycles. The van der Waals surface area contributed by atoms with Crippen LogP contribution < -0.4 is 0 Å². The van der Waals surface area contributed by atoms with Gasteiger partial charge in [-0.3, -0.25) is 4.79 Å². The van der Waals surface area contributed by atoms with Gasteiger partial charge in [0.15, 0.2) is 0 Å². The number of Topliss-reactive ketones (excluding diaryl/α,β-unsaturated/α-hetero) is 1. The summed E-state index contributed by atoms with van der Waals surface area (Å²) in [6, 6.07) is 7.18. The molecular weight excluding hydrogens is 280 g/mol. The van der Waals surface area contributed by atoms with Gasteiger partial charge < -0.3 is 5.11 Å². The van der Waals surface area contributed by atoms with E-state index in [4.69, 9.17) is 0 Å². The number of phenols is 1. The van der Waals surface area contributed by atoms with Crippen LogP contribution in [0.15, 0.2) is 29.2 Å². The van der Waals surface area contributed by atoms with Crippen LogP contribution in [0.2, 0.25) is 0 Å². The first-order valence-corrected chi connectivity index (χ1v) is 9.07. The molecule has 0 unspecified atom stereocenters. The highest BCUT2D eigenvalue weighted by Gasteiger charge is 2.53. The van der Waals surface area contributed by atoms with Crippen LogP contribution in [0, 0.1) is 23.2 Å². The molecule has 2 nitrogen and oxygen atoms in total. The third-order valence-corrected chi connectivity index (χ3v) is 6.85. The molecule has 4 fully saturated rings. The molecule has 4 bridgehead atoms. The predicted molar refractivity (Wildman–Crippen MR) is 84.4 cm³/mol. The van der Waals surface area contributed by atoms with Crippen molar-refractivity contribution in [3.8, 4) is 5.75 Å². The number of ketones is 1. The van der Waals surface area contributed by atoms with E-state index in [-0.39, 0.29) is 11.2 Å². The van der Waals surface area contributed by atoms with E-state index in [0.29, 0.717) is 11.5 Å². The Morgan fingerprint density at radius 3 is 2.10 bits per heavy atom. The fourth-order valence-corrected chi connectivity index (χ4v) is 6.23. The van der Waals surface area contributed by atoms with Crippen molar-refractivity contribution in [3.05, 3.63) is 24.3 Å². The van der Waals surface area contributed by atoms with E-state index in [9.17, 15) is 9.90 Å². The minimum absolute atomic E-state index is 0.0265. The lowest BCUT2D eigenvalue weighted by atomic mass is 9.48. The summed E-state index contributed by atoms with van der Waals surface area (Å²) in [4.78, 5) is 13.9. The van der Waals surface area contributed by atoms with Crippen LogP contribution in [-0.4, -0.2) is 16.6 Å². The third-order valence-electron chi connectivity index (χ3n) is 5.84. The summed E-state index contributed by atoms with van der Waals surface area (Å²) < 4.78 is 0. The molecule has 0 atom stereocenters. The van der Waals surface area contributed by atoms with Gasteiger partial charge in [0.25, 0.3) is 0 Å². The largest absolute Gasteiger partial charge is 0.508 e. The van der Waals surface area contributed by atoms with Crippen molar-refractivity contribution in [3.63, 3.8) is 0 Å². The van der Waals surface area contributed by atoms with Gasteiger partial charge in [0.05, 0.1) is 5.75 Å². The van der Waals surface area contributed by atoms with Crippen LogP contribution in [0.1, 0.15) is 38.5 Å². The second kappa shape index (κ2) is 5.05. The number of carbonyl (C=O) groups excluding carboxylic acids is 1. The first-order valence-electron chi connectivity index (χ1n) is 8.08. The zero-order valence-corrected chi connectivity index (χ0v) is 13.1. The molecule has 0 amide bonds. The van der Waals surface area contributed by atoms with Crippen molar-refractivity contribution in [2.45, 2.75) is 43.4 Å². The summed E-state index contributed by atoms with van der Waals surface area (Å²) in [5.41, 5.74) is 0.0265. The van der Waals surface area contributed by atoms with Gasteiger partial charge in [-0.15, -0.1) is 11.8 Å². The van der Waals surface area contributed by atoms with Gasteiger partial charge in [-0.05, 0) is 80.5 Å². The Morgan fingerprint density at radius 2 is 1.57 bits per heavy atom. The maximum Gasteiger partial charge on any atom is 0.149 e. The first kappa shape index (κ1) is 13.7. The molecule has 4 saturated carbocycles. The second-order valence-corrected chi connectivity index (χ2v) is 8.45. The zero-order chi connectivity index (χ0) is 14.4. The molecule has 21 heavy (non-hydrogen) atoms. The maximum absolute atomic E-state index is 12.9. The molecule has 3 heteroatoms. The molecule has 1 N–H and O–H groups in total. The summed E-state index contributed by atoms with van der Waals surface area (Å²) in [6.07, 6.45) is 7.64. The monoisotopic (exact) mass is 302 g/mol. The highest BCUT2D eigenvalue weighted by Crippen LogP contribution is 2.60. The lowest BCUT2D eigenvalue weighted by Gasteiger charge is -2.56. The van der Waals surface area contributed by atoms with Gasteiger partial charge in [0.2, 0.25) is 0 Å². The van der Waals surface area contributed by atoms with Gasteiger partial charge in [-0.25, -0.2) is 0 Å². The normalized spacial score (nSPS) is 36.9. The molecule has 0 radical (unpaired) electrons. The van der Waals surface area contributed by atoms with Gasteiger partial charge in [0, 0.05) is 10.3 Å². The van der Waals surface area contributed by atoms with Crippen molar-refractivity contribution < 1.29 is 9.90 Å². The summed E-state index contributed by atoms with van der Waals surface area (Å²) in [5.74, 6) is 3.86. The van der Waals surface area contributed by atoms with Crippen molar-refractivity contribution in [2.75, 3.05) is 5.75 Å². The highest BCUT2D eigenvalue weighted by molar-refractivity contribution is 8.00. The lowest BCUT2D eigenvalue weighted by Crippen LogP contribution is -2.50.